The Bertz CT molecular complexity index is 309. The second kappa shape index (κ2) is 5.24. The van der Waals surface area contributed by atoms with Gasteiger partial charge in [0.05, 0.1) is 6.61 Å². The number of rotatable bonds is 3. The minimum atomic E-state index is -0.666. The summed E-state index contributed by atoms with van der Waals surface area (Å²) in [5.74, 6) is 1.61. The maximum Gasteiger partial charge on any atom is 0.124 e. The van der Waals surface area contributed by atoms with Gasteiger partial charge in [-0.25, -0.2) is 0 Å². The Morgan fingerprint density at radius 2 is 2.06 bits per heavy atom. The van der Waals surface area contributed by atoms with Gasteiger partial charge in [0.15, 0.2) is 0 Å². The molecule has 2 heteroatoms. The Morgan fingerprint density at radius 1 is 1.39 bits per heavy atom. The number of hydrogen-bond donors (Lipinski definition) is 1. The van der Waals surface area contributed by atoms with E-state index in [0.717, 1.165) is 56.8 Å². The van der Waals surface area contributed by atoms with Crippen molar-refractivity contribution in [3.63, 3.8) is 0 Å². The molecule has 104 valence electrons. The van der Waals surface area contributed by atoms with Crippen LogP contribution in [-0.4, -0.2) is 17.3 Å². The van der Waals surface area contributed by atoms with Crippen molar-refractivity contribution < 1.29 is 9.84 Å². The van der Waals surface area contributed by atoms with Crippen molar-refractivity contribution in [2.75, 3.05) is 6.61 Å². The van der Waals surface area contributed by atoms with Gasteiger partial charge in [-0.3, -0.25) is 0 Å². The lowest BCUT2D eigenvalue weighted by Crippen LogP contribution is -2.40. The van der Waals surface area contributed by atoms with E-state index in [2.05, 4.69) is 26.8 Å². The van der Waals surface area contributed by atoms with E-state index in [4.69, 9.17) is 4.74 Å². The lowest BCUT2D eigenvalue weighted by molar-refractivity contribution is -0.0449. The van der Waals surface area contributed by atoms with E-state index in [0.29, 0.717) is 5.41 Å². The highest BCUT2D eigenvalue weighted by Gasteiger charge is 2.41. The highest BCUT2D eigenvalue weighted by Crippen LogP contribution is 2.46. The third kappa shape index (κ3) is 2.74. The molecule has 0 aromatic rings. The Balaban J connectivity index is 1.99. The minimum absolute atomic E-state index is 0.406. The Hall–Kier alpha value is -0.500. The zero-order valence-corrected chi connectivity index (χ0v) is 12.2. The van der Waals surface area contributed by atoms with Gasteiger partial charge in [0.25, 0.3) is 0 Å². The number of aliphatic hydroxyl groups is 1. The van der Waals surface area contributed by atoms with Crippen LogP contribution in [0.2, 0.25) is 0 Å². The van der Waals surface area contributed by atoms with Gasteiger partial charge < -0.3 is 9.84 Å². The van der Waals surface area contributed by atoms with E-state index in [1.807, 2.05) is 0 Å². The average Bonchev–Trinajstić information content (AvgIpc) is 2.40. The highest BCUT2D eigenvalue weighted by molar-refractivity contribution is 5.13. The molecule has 18 heavy (non-hydrogen) atoms. The molecule has 1 aliphatic heterocycles. The van der Waals surface area contributed by atoms with E-state index in [-0.39, 0.29) is 0 Å². The molecule has 1 N–H and O–H groups in total. The normalized spacial score (nSPS) is 33.8. The summed E-state index contributed by atoms with van der Waals surface area (Å²) in [6, 6.07) is 0. The first-order valence-corrected chi connectivity index (χ1v) is 7.54. The summed E-state index contributed by atoms with van der Waals surface area (Å²) in [5, 5.41) is 10.8. The quantitative estimate of drug-likeness (QED) is 0.821. The maximum atomic E-state index is 10.8. The Morgan fingerprint density at radius 3 is 2.56 bits per heavy atom. The van der Waals surface area contributed by atoms with Crippen molar-refractivity contribution >= 4 is 0 Å². The van der Waals surface area contributed by atoms with Crippen molar-refractivity contribution in [2.24, 2.45) is 11.3 Å². The van der Waals surface area contributed by atoms with Crippen molar-refractivity contribution in [3.05, 3.63) is 11.8 Å². The molecule has 2 rings (SSSR count). The van der Waals surface area contributed by atoms with Crippen LogP contribution >= 0.6 is 0 Å². The molecule has 0 atom stereocenters. The molecule has 2 nitrogen and oxygen atoms in total. The molecular formula is C16H28O2. The largest absolute Gasteiger partial charge is 0.495 e. The molecule has 0 aromatic carbocycles. The van der Waals surface area contributed by atoms with Gasteiger partial charge in [0, 0.05) is 0 Å². The molecule has 0 saturated heterocycles. The van der Waals surface area contributed by atoms with Crippen molar-refractivity contribution in [2.45, 2.75) is 71.3 Å². The molecule has 0 radical (unpaired) electrons. The van der Waals surface area contributed by atoms with E-state index in [1.165, 1.54) is 6.42 Å². The van der Waals surface area contributed by atoms with E-state index in [1.54, 1.807) is 0 Å². The van der Waals surface area contributed by atoms with Crippen molar-refractivity contribution in [3.8, 4) is 0 Å². The summed E-state index contributed by atoms with van der Waals surface area (Å²) in [7, 11) is 0. The molecule has 0 amide bonds. The first-order valence-electron chi connectivity index (χ1n) is 7.54. The molecule has 2 aliphatic rings. The van der Waals surface area contributed by atoms with Crippen LogP contribution in [0.25, 0.3) is 0 Å². The van der Waals surface area contributed by atoms with Gasteiger partial charge in [0.1, 0.15) is 11.4 Å². The van der Waals surface area contributed by atoms with Gasteiger partial charge in [-0.15, -0.1) is 0 Å². The van der Waals surface area contributed by atoms with Crippen molar-refractivity contribution in [1.29, 1.82) is 0 Å². The second-order valence-electron chi connectivity index (χ2n) is 6.71. The van der Waals surface area contributed by atoms with Gasteiger partial charge in [-0.1, -0.05) is 27.2 Å². The zero-order chi connectivity index (χ0) is 13.2. The van der Waals surface area contributed by atoms with Crippen LogP contribution < -0.4 is 0 Å². The predicted octanol–water partition coefficient (Wildman–Crippen LogP) is 4.04. The van der Waals surface area contributed by atoms with Crippen molar-refractivity contribution in [1.82, 2.24) is 0 Å². The van der Waals surface area contributed by atoms with Crippen LogP contribution in [0.5, 0.6) is 0 Å². The topological polar surface area (TPSA) is 29.5 Å². The summed E-state index contributed by atoms with van der Waals surface area (Å²) in [4.78, 5) is 0. The Kier molecular flexibility index (Phi) is 4.05. The van der Waals surface area contributed by atoms with Gasteiger partial charge in [-0.2, -0.15) is 0 Å². The molecule has 0 spiro atoms. The van der Waals surface area contributed by atoms with Crippen LogP contribution in [-0.2, 0) is 4.74 Å². The summed E-state index contributed by atoms with van der Waals surface area (Å²) in [6.45, 7) is 7.77. The first kappa shape index (κ1) is 13.9. The molecule has 0 aromatic heterocycles. The monoisotopic (exact) mass is 252 g/mol. The average molecular weight is 252 g/mol. The second-order valence-corrected chi connectivity index (χ2v) is 6.71. The maximum absolute atomic E-state index is 10.8. The lowest BCUT2D eigenvalue weighted by Gasteiger charge is -2.43. The minimum Gasteiger partial charge on any atom is -0.495 e. The molecular weight excluding hydrogens is 224 g/mol. The summed E-state index contributed by atoms with van der Waals surface area (Å²) in [6.07, 6.45) is 9.45. The smallest absolute Gasteiger partial charge is 0.124 e. The fourth-order valence-electron chi connectivity index (χ4n) is 3.29. The van der Waals surface area contributed by atoms with E-state index >= 15 is 0 Å². The SMILES string of the molecule is CCC(C)(C)C1CCC(O)(C2=CCCCO2)CC1. The summed E-state index contributed by atoms with van der Waals surface area (Å²) >= 11 is 0. The number of allylic oxidation sites excluding steroid dienone is 1. The van der Waals surface area contributed by atoms with Gasteiger partial charge in [-0.05, 0) is 55.9 Å². The fraction of sp³-hybridized carbons (Fsp3) is 0.875. The van der Waals surface area contributed by atoms with Crippen LogP contribution in [0.3, 0.4) is 0 Å². The molecule has 1 fully saturated rings. The lowest BCUT2D eigenvalue weighted by atomic mass is 9.66. The van der Waals surface area contributed by atoms with Crippen LogP contribution in [0.1, 0.15) is 65.7 Å². The molecule has 1 aliphatic carbocycles. The van der Waals surface area contributed by atoms with Crippen LogP contribution in [0.15, 0.2) is 11.8 Å². The third-order valence-corrected chi connectivity index (χ3v) is 5.22. The fourth-order valence-corrected chi connectivity index (χ4v) is 3.29. The third-order valence-electron chi connectivity index (χ3n) is 5.22. The van der Waals surface area contributed by atoms with Crippen LogP contribution in [0.4, 0.5) is 0 Å². The Labute approximate surface area is 111 Å². The number of ether oxygens (including phenoxy) is 1. The van der Waals surface area contributed by atoms with Crippen LogP contribution in [0, 0.1) is 11.3 Å². The molecule has 1 saturated carbocycles. The van der Waals surface area contributed by atoms with Gasteiger partial charge in [0.2, 0.25) is 0 Å². The summed E-state index contributed by atoms with van der Waals surface area (Å²) < 4.78 is 5.68. The van der Waals surface area contributed by atoms with Gasteiger partial charge >= 0.3 is 0 Å². The van der Waals surface area contributed by atoms with E-state index < -0.39 is 5.60 Å². The molecule has 0 unspecified atom stereocenters. The summed E-state index contributed by atoms with van der Waals surface area (Å²) in [5.41, 5.74) is -0.260. The standard InChI is InChI=1S/C16H28O2/c1-4-15(2,3)13-8-10-16(17,11-9-13)14-7-5-6-12-18-14/h7,13,17H,4-6,8-12H2,1-3H3. The first-order chi connectivity index (χ1) is 8.48. The molecule has 0 bridgehead atoms. The predicted molar refractivity (Wildman–Crippen MR) is 74.2 cm³/mol. The highest BCUT2D eigenvalue weighted by atomic mass is 16.5. The van der Waals surface area contributed by atoms with E-state index in [9.17, 15) is 5.11 Å². The molecule has 1 heterocycles. The number of hydrogen-bond acceptors (Lipinski definition) is 2. The zero-order valence-electron chi connectivity index (χ0n) is 12.2.